The zero-order valence-corrected chi connectivity index (χ0v) is 12.8. The van der Waals surface area contributed by atoms with Gasteiger partial charge in [0.2, 0.25) is 0 Å². The van der Waals surface area contributed by atoms with Gasteiger partial charge in [-0.1, -0.05) is 0 Å². The first-order valence-electron chi connectivity index (χ1n) is 4.91. The molecule has 2 N–H and O–H groups in total. The monoisotopic (exact) mass is 404 g/mol. The van der Waals surface area contributed by atoms with Gasteiger partial charge in [0.1, 0.15) is 5.82 Å². The zero-order valence-electron chi connectivity index (χ0n) is 9.04. The van der Waals surface area contributed by atoms with Crippen molar-refractivity contribution < 1.29 is 0 Å². The molecule has 2 aromatic rings. The molecule has 0 aliphatic heterocycles. The van der Waals surface area contributed by atoms with E-state index in [-0.39, 0.29) is 0 Å². The van der Waals surface area contributed by atoms with Crippen molar-refractivity contribution in [2.75, 3.05) is 17.7 Å². The third kappa shape index (κ3) is 3.29. The van der Waals surface area contributed by atoms with Crippen LogP contribution < -0.4 is 10.6 Å². The van der Waals surface area contributed by atoms with Gasteiger partial charge in [-0.3, -0.25) is 4.98 Å². The summed E-state index contributed by atoms with van der Waals surface area (Å²) >= 11 is 5.76. The van der Waals surface area contributed by atoms with Gasteiger partial charge in [0, 0.05) is 15.1 Å². The summed E-state index contributed by atoms with van der Waals surface area (Å²) in [6.07, 6.45) is 3.36. The molecule has 1 heterocycles. The molecule has 88 valence electrons. The first-order chi connectivity index (χ1) is 8.19. The molecule has 1 aromatic heterocycles. The maximum absolute atomic E-state index is 4.35. The van der Waals surface area contributed by atoms with Gasteiger partial charge in [-0.25, -0.2) is 4.98 Å². The highest BCUT2D eigenvalue weighted by molar-refractivity contribution is 14.1. The predicted molar refractivity (Wildman–Crippen MR) is 81.7 cm³/mol. The average molecular weight is 405 g/mol. The second kappa shape index (κ2) is 5.63. The van der Waals surface area contributed by atoms with Crippen molar-refractivity contribution >= 4 is 55.8 Å². The van der Waals surface area contributed by atoms with Gasteiger partial charge in [-0.2, -0.15) is 0 Å². The van der Waals surface area contributed by atoms with Crippen molar-refractivity contribution in [1.82, 2.24) is 9.97 Å². The highest BCUT2D eigenvalue weighted by Crippen LogP contribution is 2.26. The first-order valence-corrected chi connectivity index (χ1v) is 6.78. The molecule has 0 amide bonds. The molecular weight excluding hydrogens is 395 g/mol. The number of hydrogen-bond donors (Lipinski definition) is 2. The van der Waals surface area contributed by atoms with Crippen LogP contribution in [0.5, 0.6) is 0 Å². The number of benzene rings is 1. The summed E-state index contributed by atoms with van der Waals surface area (Å²) in [5.41, 5.74) is 0.972. The minimum atomic E-state index is 0.708. The summed E-state index contributed by atoms with van der Waals surface area (Å²) in [7, 11) is 1.81. The fraction of sp³-hybridized carbons (Fsp3) is 0.0909. The molecule has 1 aromatic carbocycles. The Morgan fingerprint density at radius 3 is 2.76 bits per heavy atom. The van der Waals surface area contributed by atoms with Crippen LogP contribution >= 0.6 is 38.5 Å². The molecule has 0 bridgehead atoms. The van der Waals surface area contributed by atoms with Crippen LogP contribution in [0.2, 0.25) is 0 Å². The van der Waals surface area contributed by atoms with Gasteiger partial charge < -0.3 is 10.6 Å². The third-order valence-corrected chi connectivity index (χ3v) is 3.44. The fourth-order valence-electron chi connectivity index (χ4n) is 1.28. The quantitative estimate of drug-likeness (QED) is 0.767. The van der Waals surface area contributed by atoms with E-state index in [1.165, 1.54) is 0 Å². The Bertz CT molecular complexity index is 533. The third-order valence-electron chi connectivity index (χ3n) is 2.08. The van der Waals surface area contributed by atoms with Crippen LogP contribution in [-0.4, -0.2) is 17.0 Å². The Balaban J connectivity index is 2.27. The smallest absolute Gasteiger partial charge is 0.151 e. The lowest BCUT2D eigenvalue weighted by Gasteiger charge is -2.09. The Morgan fingerprint density at radius 2 is 2.00 bits per heavy atom. The number of anilines is 3. The van der Waals surface area contributed by atoms with Crippen LogP contribution in [0.3, 0.4) is 0 Å². The van der Waals surface area contributed by atoms with Gasteiger partial charge in [0.05, 0.1) is 18.1 Å². The fourth-order valence-corrected chi connectivity index (χ4v) is 2.11. The van der Waals surface area contributed by atoms with E-state index in [1.807, 2.05) is 25.2 Å². The van der Waals surface area contributed by atoms with Gasteiger partial charge in [0.25, 0.3) is 0 Å². The highest BCUT2D eigenvalue weighted by atomic mass is 127. The lowest BCUT2D eigenvalue weighted by Crippen LogP contribution is -1.99. The molecule has 0 unspecified atom stereocenters. The van der Waals surface area contributed by atoms with Gasteiger partial charge in [0.15, 0.2) is 5.82 Å². The van der Waals surface area contributed by atoms with Crippen LogP contribution in [0.15, 0.2) is 35.1 Å². The van der Waals surface area contributed by atoms with Crippen LogP contribution in [0.25, 0.3) is 0 Å². The molecule has 4 nitrogen and oxygen atoms in total. The predicted octanol–water partition coefficient (Wildman–Crippen LogP) is 3.63. The van der Waals surface area contributed by atoms with E-state index in [0.29, 0.717) is 5.82 Å². The molecule has 2 rings (SSSR count). The minimum absolute atomic E-state index is 0.708. The Morgan fingerprint density at radius 1 is 1.24 bits per heavy atom. The van der Waals surface area contributed by atoms with E-state index in [0.717, 1.165) is 19.5 Å². The lowest BCUT2D eigenvalue weighted by molar-refractivity contribution is 1.18. The summed E-state index contributed by atoms with van der Waals surface area (Å²) in [5.74, 6) is 1.44. The lowest BCUT2D eigenvalue weighted by atomic mass is 10.3. The van der Waals surface area contributed by atoms with Crippen molar-refractivity contribution in [2.24, 2.45) is 0 Å². The normalized spacial score (nSPS) is 10.1. The molecule has 0 aliphatic carbocycles. The highest BCUT2D eigenvalue weighted by Gasteiger charge is 2.03. The number of aromatic nitrogens is 2. The molecule has 0 saturated carbocycles. The summed E-state index contributed by atoms with van der Waals surface area (Å²) < 4.78 is 2.15. The summed E-state index contributed by atoms with van der Waals surface area (Å²) in [5, 5.41) is 6.17. The Labute approximate surface area is 122 Å². The average Bonchev–Trinajstić information content (AvgIpc) is 2.34. The second-order valence-corrected chi connectivity index (χ2v) is 5.39. The van der Waals surface area contributed by atoms with E-state index in [9.17, 15) is 0 Å². The number of hydrogen-bond acceptors (Lipinski definition) is 4. The Hall–Kier alpha value is -0.890. The molecule has 6 heteroatoms. The maximum Gasteiger partial charge on any atom is 0.151 e. The first kappa shape index (κ1) is 12.6. The van der Waals surface area contributed by atoms with Gasteiger partial charge in [-0.15, -0.1) is 0 Å². The second-order valence-electron chi connectivity index (χ2n) is 3.29. The van der Waals surface area contributed by atoms with Crippen molar-refractivity contribution in [1.29, 1.82) is 0 Å². The Kier molecular flexibility index (Phi) is 4.16. The van der Waals surface area contributed by atoms with E-state index in [2.05, 4.69) is 59.1 Å². The topological polar surface area (TPSA) is 49.8 Å². The van der Waals surface area contributed by atoms with Crippen LogP contribution in [0.1, 0.15) is 0 Å². The minimum Gasteiger partial charge on any atom is -0.372 e. The van der Waals surface area contributed by atoms with E-state index in [1.54, 1.807) is 12.4 Å². The SMILES string of the molecule is CNc1cncc(Nc2cc(I)ccc2Br)n1. The number of halogens is 2. The van der Waals surface area contributed by atoms with Crippen molar-refractivity contribution in [3.8, 4) is 0 Å². The van der Waals surface area contributed by atoms with Gasteiger partial charge >= 0.3 is 0 Å². The molecule has 0 fully saturated rings. The van der Waals surface area contributed by atoms with Crippen LogP contribution in [-0.2, 0) is 0 Å². The maximum atomic E-state index is 4.35. The van der Waals surface area contributed by atoms with Crippen LogP contribution in [0.4, 0.5) is 17.3 Å². The summed E-state index contributed by atoms with van der Waals surface area (Å²) in [6.45, 7) is 0. The van der Waals surface area contributed by atoms with E-state index < -0.39 is 0 Å². The molecule has 0 atom stereocenters. The molecule has 17 heavy (non-hydrogen) atoms. The van der Waals surface area contributed by atoms with Gasteiger partial charge in [-0.05, 0) is 56.7 Å². The standard InChI is InChI=1S/C11H10BrIN4/c1-14-10-5-15-6-11(17-10)16-9-4-7(13)2-3-8(9)12/h2-6H,1H3,(H2,14,16,17). The molecular formula is C11H10BrIN4. The molecule has 0 saturated heterocycles. The van der Waals surface area contributed by atoms with E-state index >= 15 is 0 Å². The number of nitrogens with zero attached hydrogens (tertiary/aromatic N) is 2. The molecule has 0 radical (unpaired) electrons. The van der Waals surface area contributed by atoms with Crippen molar-refractivity contribution in [3.05, 3.63) is 38.6 Å². The summed E-state index contributed by atoms with van der Waals surface area (Å²) in [6, 6.07) is 6.07. The van der Waals surface area contributed by atoms with Crippen molar-refractivity contribution in [2.45, 2.75) is 0 Å². The molecule has 0 aliphatic rings. The van der Waals surface area contributed by atoms with E-state index in [4.69, 9.17) is 0 Å². The molecule has 0 spiro atoms. The zero-order chi connectivity index (χ0) is 12.3. The summed E-state index contributed by atoms with van der Waals surface area (Å²) in [4.78, 5) is 8.45. The van der Waals surface area contributed by atoms with Crippen molar-refractivity contribution in [3.63, 3.8) is 0 Å². The van der Waals surface area contributed by atoms with Crippen LogP contribution in [0, 0.1) is 3.57 Å². The number of rotatable bonds is 3. The largest absolute Gasteiger partial charge is 0.372 e. The number of nitrogens with one attached hydrogen (secondary N) is 2.